The molecule has 2 fully saturated rings. The summed E-state index contributed by atoms with van der Waals surface area (Å²) in [4.78, 5) is 31.1. The number of hydrogen-bond acceptors (Lipinski definition) is 4. The van der Waals surface area contributed by atoms with Crippen molar-refractivity contribution in [2.45, 2.75) is 19.8 Å². The maximum Gasteiger partial charge on any atom is 0.255 e. The molecule has 1 N–H and O–H groups in total. The van der Waals surface area contributed by atoms with Gasteiger partial charge in [0.05, 0.1) is 0 Å². The summed E-state index contributed by atoms with van der Waals surface area (Å²) in [7, 11) is 2.15. The largest absolute Gasteiger partial charge is 0.369 e. The molecule has 0 radical (unpaired) electrons. The van der Waals surface area contributed by atoms with Crippen molar-refractivity contribution in [3.05, 3.63) is 53.6 Å². The zero-order chi connectivity index (χ0) is 20.4. The molecular weight excluding hydrogens is 364 g/mol. The molecular formula is C23H28N4O2. The maximum absolute atomic E-state index is 12.7. The number of benzene rings is 2. The van der Waals surface area contributed by atoms with E-state index in [0.29, 0.717) is 12.0 Å². The minimum absolute atomic E-state index is 0.139. The van der Waals surface area contributed by atoms with Gasteiger partial charge in [-0.15, -0.1) is 0 Å². The minimum Gasteiger partial charge on any atom is -0.369 e. The third kappa shape index (κ3) is 4.27. The van der Waals surface area contributed by atoms with Crippen molar-refractivity contribution in [1.29, 1.82) is 0 Å². The summed E-state index contributed by atoms with van der Waals surface area (Å²) in [5.74, 6) is 0.0120. The van der Waals surface area contributed by atoms with Crippen LogP contribution in [0.25, 0.3) is 0 Å². The van der Waals surface area contributed by atoms with Crippen molar-refractivity contribution < 1.29 is 9.59 Å². The van der Waals surface area contributed by atoms with Gasteiger partial charge in [-0.2, -0.15) is 0 Å². The SMILES string of the molecule is Cc1cc(N2CCN(C)CC2)ccc1NC(=O)c1ccc(N2CCCC2=O)cc1. The first-order valence-corrected chi connectivity index (χ1v) is 10.3. The molecule has 2 aliphatic heterocycles. The smallest absolute Gasteiger partial charge is 0.255 e. The molecule has 0 bridgehead atoms. The third-order valence-corrected chi connectivity index (χ3v) is 5.84. The van der Waals surface area contributed by atoms with Crippen LogP contribution in [-0.2, 0) is 4.79 Å². The van der Waals surface area contributed by atoms with Gasteiger partial charge in [-0.1, -0.05) is 0 Å². The molecule has 6 nitrogen and oxygen atoms in total. The topological polar surface area (TPSA) is 55.9 Å². The Labute approximate surface area is 172 Å². The lowest BCUT2D eigenvalue weighted by molar-refractivity contribution is -0.117. The number of aryl methyl sites for hydroxylation is 1. The summed E-state index contributed by atoms with van der Waals surface area (Å²) in [5, 5.41) is 3.02. The van der Waals surface area contributed by atoms with Gasteiger partial charge >= 0.3 is 0 Å². The first kappa shape index (κ1) is 19.5. The van der Waals surface area contributed by atoms with Crippen LogP contribution in [0.3, 0.4) is 0 Å². The van der Waals surface area contributed by atoms with Gasteiger partial charge in [0, 0.05) is 61.8 Å². The molecule has 0 aromatic heterocycles. The molecule has 2 saturated heterocycles. The molecule has 0 unspecified atom stereocenters. The van der Waals surface area contributed by atoms with Crippen molar-refractivity contribution in [3.63, 3.8) is 0 Å². The Balaban J connectivity index is 1.42. The lowest BCUT2D eigenvalue weighted by Crippen LogP contribution is -2.44. The van der Waals surface area contributed by atoms with E-state index in [1.807, 2.05) is 25.1 Å². The predicted molar refractivity (Wildman–Crippen MR) is 117 cm³/mol. The van der Waals surface area contributed by atoms with E-state index in [9.17, 15) is 9.59 Å². The molecule has 0 spiro atoms. The number of hydrogen-bond donors (Lipinski definition) is 1. The minimum atomic E-state index is -0.139. The Morgan fingerprint density at radius 1 is 0.931 bits per heavy atom. The van der Waals surface area contributed by atoms with Crippen molar-refractivity contribution in [3.8, 4) is 0 Å². The fourth-order valence-corrected chi connectivity index (χ4v) is 3.96. The van der Waals surface area contributed by atoms with Crippen LogP contribution in [0.1, 0.15) is 28.8 Å². The zero-order valence-electron chi connectivity index (χ0n) is 17.1. The number of amides is 2. The molecule has 2 aromatic carbocycles. The number of piperazine rings is 1. The number of carbonyl (C=O) groups excluding carboxylic acids is 2. The lowest BCUT2D eigenvalue weighted by atomic mass is 10.1. The fourth-order valence-electron chi connectivity index (χ4n) is 3.96. The van der Waals surface area contributed by atoms with E-state index in [4.69, 9.17) is 0 Å². The Morgan fingerprint density at radius 2 is 1.62 bits per heavy atom. The lowest BCUT2D eigenvalue weighted by Gasteiger charge is -2.34. The number of nitrogens with one attached hydrogen (secondary N) is 1. The van der Waals surface area contributed by atoms with Gasteiger partial charge in [-0.05, 0) is 68.4 Å². The van der Waals surface area contributed by atoms with E-state index < -0.39 is 0 Å². The Bertz CT molecular complexity index is 902. The molecule has 29 heavy (non-hydrogen) atoms. The molecule has 0 atom stereocenters. The van der Waals surface area contributed by atoms with Crippen LogP contribution in [0.2, 0.25) is 0 Å². The number of rotatable bonds is 4. The van der Waals surface area contributed by atoms with Crippen molar-refractivity contribution in [2.75, 3.05) is 54.9 Å². The second kappa shape index (κ2) is 8.25. The van der Waals surface area contributed by atoms with Crippen LogP contribution >= 0.6 is 0 Å². The standard InChI is InChI=1S/C23H28N4O2/c1-17-16-20(26-14-12-25(2)13-15-26)9-10-21(17)24-23(29)18-5-7-19(8-6-18)27-11-3-4-22(27)28/h5-10,16H,3-4,11-15H2,1-2H3,(H,24,29). The normalized spacial score (nSPS) is 17.7. The Morgan fingerprint density at radius 3 is 2.24 bits per heavy atom. The monoisotopic (exact) mass is 392 g/mol. The van der Waals surface area contributed by atoms with E-state index in [1.165, 1.54) is 5.69 Å². The summed E-state index contributed by atoms with van der Waals surface area (Å²) in [6.07, 6.45) is 1.50. The average Bonchev–Trinajstić information content (AvgIpc) is 3.16. The molecule has 2 aliphatic rings. The van der Waals surface area contributed by atoms with Crippen molar-refractivity contribution in [1.82, 2.24) is 4.90 Å². The van der Waals surface area contributed by atoms with Crippen molar-refractivity contribution in [2.24, 2.45) is 0 Å². The first-order valence-electron chi connectivity index (χ1n) is 10.3. The van der Waals surface area contributed by atoms with E-state index in [2.05, 4.69) is 34.3 Å². The molecule has 2 aromatic rings. The summed E-state index contributed by atoms with van der Waals surface area (Å²) >= 11 is 0. The average molecular weight is 393 g/mol. The maximum atomic E-state index is 12.7. The molecule has 6 heteroatoms. The highest BCUT2D eigenvalue weighted by atomic mass is 16.2. The number of anilines is 3. The summed E-state index contributed by atoms with van der Waals surface area (Å²) < 4.78 is 0. The fraction of sp³-hybridized carbons (Fsp3) is 0.391. The van der Waals surface area contributed by atoms with Crippen LogP contribution in [0.4, 0.5) is 17.1 Å². The van der Waals surface area contributed by atoms with Crippen LogP contribution in [-0.4, -0.2) is 56.5 Å². The van der Waals surface area contributed by atoms with Gasteiger partial charge in [0.25, 0.3) is 5.91 Å². The summed E-state index contributed by atoms with van der Waals surface area (Å²) in [6, 6.07) is 13.5. The number of carbonyl (C=O) groups is 2. The highest BCUT2D eigenvalue weighted by Crippen LogP contribution is 2.25. The van der Waals surface area contributed by atoms with E-state index >= 15 is 0 Å². The van der Waals surface area contributed by atoms with Crippen molar-refractivity contribution >= 4 is 28.9 Å². The third-order valence-electron chi connectivity index (χ3n) is 5.84. The van der Waals surface area contributed by atoms with Gasteiger partial charge < -0.3 is 20.0 Å². The van der Waals surface area contributed by atoms with Crippen LogP contribution < -0.4 is 15.1 Å². The van der Waals surface area contributed by atoms with E-state index in [0.717, 1.165) is 56.1 Å². The van der Waals surface area contributed by atoms with E-state index in [-0.39, 0.29) is 11.8 Å². The summed E-state index contributed by atoms with van der Waals surface area (Å²) in [6.45, 7) is 6.95. The van der Waals surface area contributed by atoms with E-state index in [1.54, 1.807) is 17.0 Å². The highest BCUT2D eigenvalue weighted by Gasteiger charge is 2.22. The highest BCUT2D eigenvalue weighted by molar-refractivity contribution is 6.05. The zero-order valence-corrected chi connectivity index (χ0v) is 17.1. The molecule has 4 rings (SSSR count). The first-order chi connectivity index (χ1) is 14.0. The van der Waals surface area contributed by atoms with Crippen LogP contribution in [0.15, 0.2) is 42.5 Å². The van der Waals surface area contributed by atoms with Gasteiger partial charge in [0.2, 0.25) is 5.91 Å². The molecule has 0 aliphatic carbocycles. The van der Waals surface area contributed by atoms with Gasteiger partial charge in [0.15, 0.2) is 0 Å². The molecule has 0 saturated carbocycles. The van der Waals surface area contributed by atoms with Gasteiger partial charge in [-0.25, -0.2) is 0 Å². The Kier molecular flexibility index (Phi) is 5.53. The number of nitrogens with zero attached hydrogens (tertiary/aromatic N) is 3. The molecule has 152 valence electrons. The summed E-state index contributed by atoms with van der Waals surface area (Å²) in [5.41, 5.74) is 4.52. The number of likely N-dealkylation sites (N-methyl/N-ethyl adjacent to an activating group) is 1. The quantitative estimate of drug-likeness (QED) is 0.869. The van der Waals surface area contributed by atoms with Crippen LogP contribution in [0, 0.1) is 6.92 Å². The Hall–Kier alpha value is -2.86. The predicted octanol–water partition coefficient (Wildman–Crippen LogP) is 3.13. The second-order valence-corrected chi connectivity index (χ2v) is 7.94. The van der Waals surface area contributed by atoms with Crippen LogP contribution in [0.5, 0.6) is 0 Å². The molecule has 2 amide bonds. The van der Waals surface area contributed by atoms with Gasteiger partial charge in [0.1, 0.15) is 0 Å². The van der Waals surface area contributed by atoms with Gasteiger partial charge in [-0.3, -0.25) is 9.59 Å². The second-order valence-electron chi connectivity index (χ2n) is 7.94. The molecule has 2 heterocycles.